The van der Waals surface area contributed by atoms with Crippen LogP contribution in [0.1, 0.15) is 18.4 Å². The van der Waals surface area contributed by atoms with Crippen LogP contribution in [0.3, 0.4) is 0 Å². The summed E-state index contributed by atoms with van der Waals surface area (Å²) >= 11 is 1.06. The van der Waals surface area contributed by atoms with Gasteiger partial charge in [-0.05, 0) is 12.1 Å². The molecule has 1 aromatic carbocycles. The number of amides is 1. The Morgan fingerprint density at radius 2 is 1.95 bits per heavy atom. The van der Waals surface area contributed by atoms with E-state index in [0.29, 0.717) is 16.6 Å². The molecule has 20 heavy (non-hydrogen) atoms. The summed E-state index contributed by atoms with van der Waals surface area (Å²) in [5.74, 6) is -0.407. The van der Waals surface area contributed by atoms with Crippen LogP contribution in [-0.4, -0.2) is 24.5 Å². The normalized spacial score (nSPS) is 11.2. The third kappa shape index (κ3) is 3.61. The minimum atomic E-state index is -3.44. The number of hydrogen-bond donors (Lipinski definition) is 1. The van der Waals surface area contributed by atoms with Gasteiger partial charge in [0.15, 0.2) is 9.84 Å². The van der Waals surface area contributed by atoms with Gasteiger partial charge < -0.3 is 5.32 Å². The van der Waals surface area contributed by atoms with Crippen LogP contribution in [0.5, 0.6) is 0 Å². The van der Waals surface area contributed by atoms with Gasteiger partial charge in [-0.3, -0.25) is 4.79 Å². The third-order valence-electron chi connectivity index (χ3n) is 2.45. The molecule has 106 valence electrons. The minimum absolute atomic E-state index is 0.182. The Kier molecular flexibility index (Phi) is 4.46. The monoisotopic (exact) mass is 311 g/mol. The average Bonchev–Trinajstić information content (AvgIpc) is 2.86. The second-order valence-corrected chi connectivity index (χ2v) is 7.03. The van der Waals surface area contributed by atoms with Crippen LogP contribution in [-0.2, 0) is 20.4 Å². The predicted molar refractivity (Wildman–Crippen MR) is 76.2 cm³/mol. The average molecular weight is 311 g/mol. The van der Waals surface area contributed by atoms with Crippen LogP contribution in [0.2, 0.25) is 0 Å². The SMILES string of the molecule is CCC(=O)Nc1nnc(CS(=O)(=O)c2ccccc2)s1. The highest BCUT2D eigenvalue weighted by molar-refractivity contribution is 7.90. The fraction of sp³-hybridized carbons (Fsp3) is 0.250. The molecule has 8 heteroatoms. The number of rotatable bonds is 5. The van der Waals surface area contributed by atoms with Gasteiger partial charge in [0, 0.05) is 6.42 Å². The Morgan fingerprint density at radius 1 is 1.25 bits per heavy atom. The van der Waals surface area contributed by atoms with Crippen molar-refractivity contribution in [2.45, 2.75) is 24.0 Å². The molecule has 0 unspecified atom stereocenters. The van der Waals surface area contributed by atoms with E-state index < -0.39 is 9.84 Å². The zero-order chi connectivity index (χ0) is 14.6. The highest BCUT2D eigenvalue weighted by atomic mass is 32.2. The minimum Gasteiger partial charge on any atom is -0.301 e. The van der Waals surface area contributed by atoms with E-state index >= 15 is 0 Å². The van der Waals surface area contributed by atoms with Crippen LogP contribution in [0.4, 0.5) is 5.13 Å². The lowest BCUT2D eigenvalue weighted by Gasteiger charge is -2.00. The van der Waals surface area contributed by atoms with E-state index in [9.17, 15) is 13.2 Å². The molecule has 1 heterocycles. The van der Waals surface area contributed by atoms with Crippen LogP contribution < -0.4 is 5.32 Å². The molecule has 0 spiro atoms. The highest BCUT2D eigenvalue weighted by Crippen LogP contribution is 2.21. The van der Waals surface area contributed by atoms with E-state index in [0.717, 1.165) is 11.3 Å². The second kappa shape index (κ2) is 6.10. The molecule has 0 radical (unpaired) electrons. The number of nitrogens with zero attached hydrogens (tertiary/aromatic N) is 2. The van der Waals surface area contributed by atoms with Crippen LogP contribution >= 0.6 is 11.3 Å². The van der Waals surface area contributed by atoms with Gasteiger partial charge in [-0.25, -0.2) is 8.42 Å². The van der Waals surface area contributed by atoms with Crippen LogP contribution in [0.25, 0.3) is 0 Å². The Bertz CT molecular complexity index is 696. The number of anilines is 1. The molecule has 0 atom stereocenters. The van der Waals surface area contributed by atoms with Gasteiger partial charge >= 0.3 is 0 Å². The first-order chi connectivity index (χ1) is 9.51. The molecule has 2 rings (SSSR count). The maximum atomic E-state index is 12.1. The summed E-state index contributed by atoms with van der Waals surface area (Å²) in [6.07, 6.45) is 0.331. The van der Waals surface area contributed by atoms with Gasteiger partial charge in [-0.2, -0.15) is 0 Å². The molecular weight excluding hydrogens is 298 g/mol. The quantitative estimate of drug-likeness (QED) is 0.910. The summed E-state index contributed by atoms with van der Waals surface area (Å²) in [6, 6.07) is 8.16. The van der Waals surface area contributed by atoms with Crippen molar-refractivity contribution >= 4 is 32.2 Å². The summed E-state index contributed by atoms with van der Waals surface area (Å²) in [7, 11) is -3.44. The largest absolute Gasteiger partial charge is 0.301 e. The Hall–Kier alpha value is -1.80. The van der Waals surface area contributed by atoms with Crippen molar-refractivity contribution < 1.29 is 13.2 Å². The fourth-order valence-electron chi connectivity index (χ4n) is 1.44. The summed E-state index contributed by atoms with van der Waals surface area (Å²) in [5.41, 5.74) is 0. The smallest absolute Gasteiger partial charge is 0.225 e. The van der Waals surface area contributed by atoms with E-state index in [1.807, 2.05) is 0 Å². The molecule has 0 saturated heterocycles. The predicted octanol–water partition coefficient (Wildman–Crippen LogP) is 1.86. The first-order valence-electron chi connectivity index (χ1n) is 5.91. The molecular formula is C12H13N3O3S2. The number of benzene rings is 1. The summed E-state index contributed by atoms with van der Waals surface area (Å²) in [5, 5.41) is 10.8. The van der Waals surface area contributed by atoms with Crippen molar-refractivity contribution in [3.05, 3.63) is 35.3 Å². The van der Waals surface area contributed by atoms with E-state index in [1.54, 1.807) is 25.1 Å². The molecule has 0 fully saturated rings. The standard InChI is InChI=1S/C12H13N3O3S2/c1-2-10(16)13-12-15-14-11(19-12)8-20(17,18)9-6-4-3-5-7-9/h3-7H,2,8H2,1H3,(H,13,15,16). The van der Waals surface area contributed by atoms with E-state index in [4.69, 9.17) is 0 Å². The molecule has 0 aliphatic heterocycles. The molecule has 6 nitrogen and oxygen atoms in total. The van der Waals surface area contributed by atoms with E-state index in [1.165, 1.54) is 12.1 Å². The molecule has 0 saturated carbocycles. The number of carbonyl (C=O) groups excluding carboxylic acids is 1. The summed E-state index contributed by atoms with van der Waals surface area (Å²) < 4.78 is 24.3. The van der Waals surface area contributed by atoms with Crippen molar-refractivity contribution in [1.29, 1.82) is 0 Å². The van der Waals surface area contributed by atoms with Crippen LogP contribution in [0.15, 0.2) is 35.2 Å². The van der Waals surface area contributed by atoms with Crippen LogP contribution in [0, 0.1) is 0 Å². The lowest BCUT2D eigenvalue weighted by molar-refractivity contribution is -0.115. The van der Waals surface area contributed by atoms with Gasteiger partial charge in [0.1, 0.15) is 10.8 Å². The molecule has 1 N–H and O–H groups in total. The van der Waals surface area contributed by atoms with Gasteiger partial charge in [0.05, 0.1) is 4.90 Å². The number of aromatic nitrogens is 2. The van der Waals surface area contributed by atoms with Crippen molar-refractivity contribution in [2.24, 2.45) is 0 Å². The number of hydrogen-bond acceptors (Lipinski definition) is 6. The Morgan fingerprint density at radius 3 is 2.60 bits per heavy atom. The number of sulfone groups is 1. The van der Waals surface area contributed by atoms with Gasteiger partial charge in [0.25, 0.3) is 0 Å². The molecule has 0 aliphatic carbocycles. The van der Waals surface area contributed by atoms with Crippen molar-refractivity contribution in [1.82, 2.24) is 10.2 Å². The molecule has 1 amide bonds. The second-order valence-electron chi connectivity index (χ2n) is 3.97. The fourth-order valence-corrected chi connectivity index (χ4v) is 3.82. The molecule has 0 aliphatic rings. The van der Waals surface area contributed by atoms with Gasteiger partial charge in [-0.1, -0.05) is 36.5 Å². The van der Waals surface area contributed by atoms with Crippen molar-refractivity contribution in [2.75, 3.05) is 5.32 Å². The first kappa shape index (κ1) is 14.6. The van der Waals surface area contributed by atoms with Gasteiger partial charge in [-0.15, -0.1) is 10.2 Å². The Balaban J connectivity index is 2.13. The zero-order valence-electron chi connectivity index (χ0n) is 10.7. The van der Waals surface area contributed by atoms with E-state index in [-0.39, 0.29) is 16.6 Å². The van der Waals surface area contributed by atoms with Crippen molar-refractivity contribution in [3.63, 3.8) is 0 Å². The lowest BCUT2D eigenvalue weighted by Crippen LogP contribution is -2.08. The zero-order valence-corrected chi connectivity index (χ0v) is 12.4. The summed E-state index contributed by atoms with van der Waals surface area (Å²) in [6.45, 7) is 1.72. The molecule has 0 bridgehead atoms. The third-order valence-corrected chi connectivity index (χ3v) is 5.12. The molecule has 1 aromatic heterocycles. The maximum absolute atomic E-state index is 12.1. The summed E-state index contributed by atoms with van der Waals surface area (Å²) in [4.78, 5) is 11.5. The maximum Gasteiger partial charge on any atom is 0.225 e. The van der Waals surface area contributed by atoms with Crippen molar-refractivity contribution in [3.8, 4) is 0 Å². The first-order valence-corrected chi connectivity index (χ1v) is 8.38. The number of nitrogens with one attached hydrogen (secondary N) is 1. The lowest BCUT2D eigenvalue weighted by atomic mass is 10.4. The topological polar surface area (TPSA) is 89.0 Å². The van der Waals surface area contributed by atoms with Gasteiger partial charge in [0.2, 0.25) is 11.0 Å². The highest BCUT2D eigenvalue weighted by Gasteiger charge is 2.18. The Labute approximate surface area is 120 Å². The number of carbonyl (C=O) groups is 1. The molecule has 2 aromatic rings. The van der Waals surface area contributed by atoms with E-state index in [2.05, 4.69) is 15.5 Å².